The van der Waals surface area contributed by atoms with Crippen molar-refractivity contribution >= 4 is 11.3 Å². The standard InChI is InChI=1S/C16H22N2OS/c1-4-17-11-14-16(13-8-6-5-7-9-13)20-15(18-14)10-12(2)19-3/h5-9,12,17H,4,10-11H2,1-3H3. The third-order valence-corrected chi connectivity index (χ3v) is 4.35. The van der Waals surface area contributed by atoms with Crippen LogP contribution in [0.3, 0.4) is 0 Å². The predicted octanol–water partition coefficient (Wildman–Crippen LogP) is 3.50. The number of methoxy groups -OCH3 is 1. The average molecular weight is 290 g/mol. The zero-order chi connectivity index (χ0) is 14.4. The van der Waals surface area contributed by atoms with Crippen LogP contribution >= 0.6 is 11.3 Å². The first-order valence-corrected chi connectivity index (χ1v) is 7.83. The molecular weight excluding hydrogens is 268 g/mol. The number of rotatable bonds is 7. The lowest BCUT2D eigenvalue weighted by Crippen LogP contribution is -2.13. The van der Waals surface area contributed by atoms with E-state index in [0.29, 0.717) is 0 Å². The monoisotopic (exact) mass is 290 g/mol. The lowest BCUT2D eigenvalue weighted by molar-refractivity contribution is 0.118. The normalized spacial score (nSPS) is 12.6. The van der Waals surface area contributed by atoms with Gasteiger partial charge in [-0.1, -0.05) is 37.3 Å². The van der Waals surface area contributed by atoms with Gasteiger partial charge in [0, 0.05) is 20.1 Å². The molecule has 1 aromatic carbocycles. The van der Waals surface area contributed by atoms with Gasteiger partial charge in [0.25, 0.3) is 0 Å². The molecule has 108 valence electrons. The second-order valence-electron chi connectivity index (χ2n) is 4.78. The van der Waals surface area contributed by atoms with Crippen molar-refractivity contribution < 1.29 is 4.74 Å². The van der Waals surface area contributed by atoms with Gasteiger partial charge in [-0.15, -0.1) is 11.3 Å². The van der Waals surface area contributed by atoms with E-state index < -0.39 is 0 Å². The molecule has 0 aliphatic heterocycles. The summed E-state index contributed by atoms with van der Waals surface area (Å²) >= 11 is 1.78. The second-order valence-corrected chi connectivity index (χ2v) is 5.86. The summed E-state index contributed by atoms with van der Waals surface area (Å²) in [6.07, 6.45) is 1.07. The van der Waals surface area contributed by atoms with Crippen LogP contribution in [-0.2, 0) is 17.7 Å². The van der Waals surface area contributed by atoms with Gasteiger partial charge in [0.15, 0.2) is 0 Å². The van der Waals surface area contributed by atoms with E-state index in [2.05, 4.69) is 43.4 Å². The van der Waals surface area contributed by atoms with Crippen molar-refractivity contribution in [2.45, 2.75) is 32.9 Å². The maximum absolute atomic E-state index is 5.34. The Morgan fingerprint density at radius 2 is 2.05 bits per heavy atom. The van der Waals surface area contributed by atoms with Crippen molar-refractivity contribution in [2.24, 2.45) is 0 Å². The molecule has 20 heavy (non-hydrogen) atoms. The third-order valence-electron chi connectivity index (χ3n) is 3.18. The molecule has 1 heterocycles. The molecular formula is C16H22N2OS. The molecule has 3 nitrogen and oxygen atoms in total. The molecule has 0 amide bonds. The Morgan fingerprint density at radius 3 is 2.70 bits per heavy atom. The molecule has 0 fully saturated rings. The first-order valence-electron chi connectivity index (χ1n) is 7.02. The lowest BCUT2D eigenvalue weighted by atomic mass is 10.1. The summed E-state index contributed by atoms with van der Waals surface area (Å²) in [6, 6.07) is 10.5. The molecule has 0 radical (unpaired) electrons. The third kappa shape index (κ3) is 3.88. The number of hydrogen-bond acceptors (Lipinski definition) is 4. The van der Waals surface area contributed by atoms with Crippen molar-refractivity contribution in [2.75, 3.05) is 13.7 Å². The summed E-state index contributed by atoms with van der Waals surface area (Å²) in [6.45, 7) is 5.96. The summed E-state index contributed by atoms with van der Waals surface area (Å²) in [5, 5.41) is 4.51. The molecule has 1 N–H and O–H groups in total. The number of aromatic nitrogens is 1. The highest BCUT2D eigenvalue weighted by molar-refractivity contribution is 7.15. The molecule has 0 aliphatic carbocycles. The molecule has 0 saturated heterocycles. The highest BCUT2D eigenvalue weighted by Gasteiger charge is 2.14. The number of nitrogens with one attached hydrogen (secondary N) is 1. The second kappa shape index (κ2) is 7.53. The van der Waals surface area contributed by atoms with Crippen LogP contribution in [-0.4, -0.2) is 24.7 Å². The zero-order valence-corrected chi connectivity index (χ0v) is 13.2. The van der Waals surface area contributed by atoms with Gasteiger partial charge in [-0.3, -0.25) is 0 Å². The summed E-state index contributed by atoms with van der Waals surface area (Å²) in [5.74, 6) is 0. The van der Waals surface area contributed by atoms with E-state index in [9.17, 15) is 0 Å². The Morgan fingerprint density at radius 1 is 1.30 bits per heavy atom. The van der Waals surface area contributed by atoms with Crippen LogP contribution < -0.4 is 5.32 Å². The van der Waals surface area contributed by atoms with E-state index in [1.807, 2.05) is 6.07 Å². The molecule has 4 heteroatoms. The van der Waals surface area contributed by atoms with Gasteiger partial charge in [0.2, 0.25) is 0 Å². The molecule has 0 saturated carbocycles. The van der Waals surface area contributed by atoms with Crippen LogP contribution in [0.5, 0.6) is 0 Å². The van der Waals surface area contributed by atoms with Crippen LogP contribution in [0, 0.1) is 0 Å². The van der Waals surface area contributed by atoms with E-state index >= 15 is 0 Å². The lowest BCUT2D eigenvalue weighted by Gasteiger charge is -2.05. The van der Waals surface area contributed by atoms with Gasteiger partial charge >= 0.3 is 0 Å². The fourth-order valence-corrected chi connectivity index (χ4v) is 3.19. The molecule has 0 aliphatic rings. The zero-order valence-electron chi connectivity index (χ0n) is 12.3. The maximum Gasteiger partial charge on any atom is 0.0961 e. The molecule has 1 atom stereocenters. The quantitative estimate of drug-likeness (QED) is 0.847. The Bertz CT molecular complexity index is 525. The minimum atomic E-state index is 0.205. The number of ether oxygens (including phenoxy) is 1. The Balaban J connectivity index is 2.28. The first kappa shape index (κ1) is 15.2. The van der Waals surface area contributed by atoms with Gasteiger partial charge in [0.1, 0.15) is 0 Å². The van der Waals surface area contributed by atoms with E-state index in [-0.39, 0.29) is 6.10 Å². The van der Waals surface area contributed by atoms with Crippen molar-refractivity contribution in [1.29, 1.82) is 0 Å². The molecule has 0 bridgehead atoms. The van der Waals surface area contributed by atoms with Crippen LogP contribution in [0.1, 0.15) is 24.5 Å². The highest BCUT2D eigenvalue weighted by atomic mass is 32.1. The van der Waals surface area contributed by atoms with Crippen molar-refractivity contribution in [3.05, 3.63) is 41.0 Å². The largest absolute Gasteiger partial charge is 0.381 e. The van der Waals surface area contributed by atoms with Gasteiger partial charge in [-0.05, 0) is 19.0 Å². The first-order chi connectivity index (χ1) is 9.74. The molecule has 0 spiro atoms. The minimum Gasteiger partial charge on any atom is -0.381 e. The van der Waals surface area contributed by atoms with Crippen LogP contribution in [0.2, 0.25) is 0 Å². The molecule has 2 rings (SSSR count). The smallest absolute Gasteiger partial charge is 0.0961 e. The summed E-state index contributed by atoms with van der Waals surface area (Å²) < 4.78 is 5.34. The van der Waals surface area contributed by atoms with E-state index in [0.717, 1.165) is 30.2 Å². The van der Waals surface area contributed by atoms with Crippen LogP contribution in [0.25, 0.3) is 10.4 Å². The average Bonchev–Trinajstić information content (AvgIpc) is 2.88. The maximum atomic E-state index is 5.34. The van der Waals surface area contributed by atoms with E-state index in [1.165, 1.54) is 10.4 Å². The topological polar surface area (TPSA) is 34.2 Å². The Kier molecular flexibility index (Phi) is 5.71. The SMILES string of the molecule is CCNCc1nc(CC(C)OC)sc1-c1ccccc1. The summed E-state index contributed by atoms with van der Waals surface area (Å²) in [7, 11) is 1.75. The molecule has 2 aromatic rings. The summed E-state index contributed by atoms with van der Waals surface area (Å²) in [5.41, 5.74) is 2.38. The molecule has 1 unspecified atom stereocenters. The fraction of sp³-hybridized carbons (Fsp3) is 0.438. The minimum absolute atomic E-state index is 0.205. The number of hydrogen-bond donors (Lipinski definition) is 1. The van der Waals surface area contributed by atoms with Crippen LogP contribution in [0.4, 0.5) is 0 Å². The fourth-order valence-electron chi connectivity index (χ4n) is 2.00. The molecule has 1 aromatic heterocycles. The highest BCUT2D eigenvalue weighted by Crippen LogP contribution is 2.31. The van der Waals surface area contributed by atoms with Gasteiger partial charge in [0.05, 0.1) is 21.7 Å². The van der Waals surface area contributed by atoms with Gasteiger partial charge in [-0.25, -0.2) is 4.98 Å². The Hall–Kier alpha value is -1.23. The van der Waals surface area contributed by atoms with Crippen molar-refractivity contribution in [1.82, 2.24) is 10.3 Å². The number of thiazole rings is 1. The van der Waals surface area contributed by atoms with Crippen LogP contribution in [0.15, 0.2) is 30.3 Å². The number of benzene rings is 1. The van der Waals surface area contributed by atoms with E-state index in [4.69, 9.17) is 9.72 Å². The van der Waals surface area contributed by atoms with Crippen molar-refractivity contribution in [3.8, 4) is 10.4 Å². The van der Waals surface area contributed by atoms with Gasteiger partial charge < -0.3 is 10.1 Å². The summed E-state index contributed by atoms with van der Waals surface area (Å²) in [4.78, 5) is 6.06. The van der Waals surface area contributed by atoms with E-state index in [1.54, 1.807) is 18.4 Å². The number of nitrogens with zero attached hydrogens (tertiary/aromatic N) is 1. The van der Waals surface area contributed by atoms with Gasteiger partial charge in [-0.2, -0.15) is 0 Å². The Labute approximate surface area is 125 Å². The predicted molar refractivity (Wildman–Crippen MR) is 85.1 cm³/mol. The van der Waals surface area contributed by atoms with Crippen molar-refractivity contribution in [3.63, 3.8) is 0 Å².